The highest BCUT2D eigenvalue weighted by atomic mass is 127. The van der Waals surface area contributed by atoms with Gasteiger partial charge in [-0.05, 0) is 46.9 Å². The molecule has 5 nitrogen and oxygen atoms in total. The van der Waals surface area contributed by atoms with Gasteiger partial charge in [0.05, 0.1) is 29.2 Å². The number of aromatic hydroxyl groups is 2. The minimum atomic E-state index is -1.58. The van der Waals surface area contributed by atoms with E-state index in [1.54, 1.807) is 12.1 Å². The van der Waals surface area contributed by atoms with Gasteiger partial charge in [0.1, 0.15) is 17.2 Å². The van der Waals surface area contributed by atoms with Gasteiger partial charge in [0.2, 0.25) is 0 Å². The minimum Gasteiger partial charge on any atom is -0.508 e. The average molecular weight is 596 g/mol. The molecule has 0 aromatic heterocycles. The van der Waals surface area contributed by atoms with E-state index in [0.717, 1.165) is 0 Å². The molecule has 2 aliphatic heterocycles. The molecule has 5 rings (SSSR count). The number of ether oxygens (including phenoxy) is 2. The highest BCUT2D eigenvalue weighted by Gasteiger charge is 2.57. The molecule has 0 fully saturated rings. The summed E-state index contributed by atoms with van der Waals surface area (Å²) in [5.41, 5.74) is -0.562. The highest BCUT2D eigenvalue weighted by molar-refractivity contribution is 14.1. The normalized spacial score (nSPS) is 18.5. The van der Waals surface area contributed by atoms with Crippen LogP contribution in [-0.2, 0) is 10.3 Å². The maximum absolute atomic E-state index is 13.0. The fraction of sp³-hybridized carbons (Fsp3) is 0.0500. The topological polar surface area (TPSA) is 76.0 Å². The van der Waals surface area contributed by atoms with Gasteiger partial charge in [-0.1, -0.05) is 46.4 Å². The fourth-order valence-corrected chi connectivity index (χ4v) is 5.48. The van der Waals surface area contributed by atoms with E-state index in [2.05, 4.69) is 0 Å². The fourth-order valence-electron chi connectivity index (χ4n) is 3.84. The molecular formula is C20H7Cl4IO5. The first-order chi connectivity index (χ1) is 14.2. The van der Waals surface area contributed by atoms with Gasteiger partial charge in [0.15, 0.2) is 11.4 Å². The third-order valence-corrected chi connectivity index (χ3v) is 7.93. The number of esters is 1. The quantitative estimate of drug-likeness (QED) is 0.128. The third kappa shape index (κ3) is 2.45. The Kier molecular flexibility index (Phi) is 4.55. The van der Waals surface area contributed by atoms with E-state index in [4.69, 9.17) is 55.9 Å². The van der Waals surface area contributed by atoms with Crippen molar-refractivity contribution in [1.82, 2.24) is 0 Å². The van der Waals surface area contributed by atoms with E-state index < -0.39 is 11.6 Å². The van der Waals surface area contributed by atoms with Gasteiger partial charge in [-0.2, -0.15) is 0 Å². The molecule has 1 spiro atoms. The van der Waals surface area contributed by atoms with Gasteiger partial charge in [-0.15, -0.1) is 0 Å². The molecule has 0 amide bonds. The van der Waals surface area contributed by atoms with E-state index in [-0.39, 0.29) is 54.2 Å². The van der Waals surface area contributed by atoms with Crippen molar-refractivity contribution in [3.05, 3.63) is 76.2 Å². The second-order valence-corrected chi connectivity index (χ2v) is 9.23. The Bertz CT molecular complexity index is 1310. The van der Waals surface area contributed by atoms with Gasteiger partial charge >= 0.3 is 5.97 Å². The molecule has 3 aromatic rings. The number of fused-ring (bicyclic) bond motifs is 6. The van der Waals surface area contributed by atoms with Gasteiger partial charge in [0, 0.05) is 22.8 Å². The number of carbonyl (C=O) groups is 1. The zero-order valence-electron chi connectivity index (χ0n) is 14.4. The molecule has 0 saturated heterocycles. The number of rotatable bonds is 0. The second kappa shape index (κ2) is 6.71. The first kappa shape index (κ1) is 20.3. The van der Waals surface area contributed by atoms with Gasteiger partial charge in [-0.25, -0.2) is 4.79 Å². The zero-order chi connectivity index (χ0) is 21.5. The molecule has 3 aromatic carbocycles. The lowest BCUT2D eigenvalue weighted by Crippen LogP contribution is -2.33. The molecule has 0 saturated carbocycles. The largest absolute Gasteiger partial charge is 0.508 e. The zero-order valence-corrected chi connectivity index (χ0v) is 19.6. The lowest BCUT2D eigenvalue weighted by molar-refractivity contribution is 0.0224. The van der Waals surface area contributed by atoms with Crippen LogP contribution in [0.25, 0.3) is 0 Å². The van der Waals surface area contributed by atoms with E-state index in [1.165, 1.54) is 18.2 Å². The third-order valence-electron chi connectivity index (χ3n) is 5.08. The number of carbonyl (C=O) groups excluding carboxylic acids is 1. The Hall–Kier alpha value is -1.58. The van der Waals surface area contributed by atoms with Crippen LogP contribution in [0.1, 0.15) is 27.0 Å². The smallest absolute Gasteiger partial charge is 0.341 e. The molecule has 0 aliphatic carbocycles. The van der Waals surface area contributed by atoms with Crippen LogP contribution in [0.5, 0.6) is 23.0 Å². The molecule has 152 valence electrons. The van der Waals surface area contributed by atoms with E-state index in [0.29, 0.717) is 14.7 Å². The van der Waals surface area contributed by atoms with Crippen LogP contribution in [0.4, 0.5) is 0 Å². The summed E-state index contributed by atoms with van der Waals surface area (Å²) in [7, 11) is 0. The maximum Gasteiger partial charge on any atom is 0.341 e. The molecule has 0 radical (unpaired) electrons. The van der Waals surface area contributed by atoms with Crippen LogP contribution in [0, 0.1) is 3.57 Å². The van der Waals surface area contributed by atoms with Crippen LogP contribution in [0.2, 0.25) is 20.1 Å². The predicted molar refractivity (Wildman–Crippen MR) is 121 cm³/mol. The molecule has 0 bridgehead atoms. The monoisotopic (exact) mass is 594 g/mol. The van der Waals surface area contributed by atoms with Crippen LogP contribution >= 0.6 is 69.0 Å². The summed E-state index contributed by atoms with van der Waals surface area (Å²) in [5, 5.41) is 20.0. The summed E-state index contributed by atoms with van der Waals surface area (Å²) in [5.74, 6) is -0.385. The van der Waals surface area contributed by atoms with Crippen LogP contribution in [-0.4, -0.2) is 16.2 Å². The Morgan fingerprint density at radius 3 is 2.30 bits per heavy atom. The maximum atomic E-state index is 13.0. The van der Waals surface area contributed by atoms with Crippen molar-refractivity contribution < 1.29 is 24.5 Å². The standard InChI is InChI=1S/C20H7Cl4IO5/c21-13-11-12(14(22)16(24)15(13)23)20(30-19(11)28)7-2-1-6(26)5-10(7)29-18-8(20)3-4-9(27)17(18)25/h1-5,26-27H. The lowest BCUT2D eigenvalue weighted by Gasteiger charge is -2.37. The molecular weight excluding hydrogens is 589 g/mol. The molecule has 2 N–H and O–H groups in total. The summed E-state index contributed by atoms with van der Waals surface area (Å²) in [4.78, 5) is 13.0. The van der Waals surface area contributed by atoms with Gasteiger partial charge in [0.25, 0.3) is 0 Å². The van der Waals surface area contributed by atoms with Crippen molar-refractivity contribution in [2.45, 2.75) is 5.60 Å². The predicted octanol–water partition coefficient (Wildman–Crippen LogP) is 6.88. The van der Waals surface area contributed by atoms with Gasteiger partial charge in [-0.3, -0.25) is 0 Å². The van der Waals surface area contributed by atoms with E-state index in [9.17, 15) is 15.0 Å². The summed E-state index contributed by atoms with van der Waals surface area (Å²) < 4.78 is 12.3. The number of benzene rings is 3. The Balaban J connectivity index is 2.00. The average Bonchev–Trinajstić information content (AvgIpc) is 3.01. The van der Waals surface area contributed by atoms with Crippen molar-refractivity contribution in [1.29, 1.82) is 0 Å². The van der Waals surface area contributed by atoms with Crippen molar-refractivity contribution in [3.63, 3.8) is 0 Å². The van der Waals surface area contributed by atoms with Crippen molar-refractivity contribution in [3.8, 4) is 23.0 Å². The SMILES string of the molecule is O=C1OC2(c3ccc(O)cc3Oc3c2ccc(O)c3I)c2c(Cl)c(Cl)c(Cl)c(Cl)c21. The molecule has 2 aliphatic rings. The number of hydrogen-bond donors (Lipinski definition) is 2. The number of hydrogen-bond acceptors (Lipinski definition) is 5. The summed E-state index contributed by atoms with van der Waals surface area (Å²) in [6.07, 6.45) is 0. The first-order valence-corrected chi connectivity index (χ1v) is 10.9. The lowest BCUT2D eigenvalue weighted by atomic mass is 9.77. The summed E-state index contributed by atoms with van der Waals surface area (Å²) >= 11 is 27.4. The van der Waals surface area contributed by atoms with Crippen LogP contribution in [0.3, 0.4) is 0 Å². The molecule has 1 unspecified atom stereocenters. The molecule has 1 atom stereocenters. The van der Waals surface area contributed by atoms with Crippen molar-refractivity contribution in [2.75, 3.05) is 0 Å². The summed E-state index contributed by atoms with van der Waals surface area (Å²) in [6.45, 7) is 0. The minimum absolute atomic E-state index is 0.00174. The second-order valence-electron chi connectivity index (χ2n) is 6.63. The van der Waals surface area contributed by atoms with Crippen molar-refractivity contribution in [2.24, 2.45) is 0 Å². The Morgan fingerprint density at radius 2 is 1.57 bits per heavy atom. The van der Waals surface area contributed by atoms with E-state index in [1.807, 2.05) is 22.6 Å². The summed E-state index contributed by atoms with van der Waals surface area (Å²) in [6, 6.07) is 7.38. The first-order valence-electron chi connectivity index (χ1n) is 8.31. The molecule has 2 heterocycles. The van der Waals surface area contributed by atoms with Gasteiger partial charge < -0.3 is 19.7 Å². The van der Waals surface area contributed by atoms with Crippen LogP contribution < -0.4 is 4.74 Å². The van der Waals surface area contributed by atoms with Crippen LogP contribution in [0.15, 0.2) is 30.3 Å². The number of halogens is 5. The Morgan fingerprint density at radius 1 is 0.900 bits per heavy atom. The number of phenols is 2. The Labute approximate surface area is 203 Å². The van der Waals surface area contributed by atoms with E-state index >= 15 is 0 Å². The highest BCUT2D eigenvalue weighted by Crippen LogP contribution is 2.61. The number of phenolic OH excluding ortho intramolecular Hbond substituents is 2. The molecule has 30 heavy (non-hydrogen) atoms. The molecule has 10 heteroatoms. The van der Waals surface area contributed by atoms with Crippen molar-refractivity contribution >= 4 is 75.0 Å².